The number of nitrogens with zero attached hydrogens (tertiary/aromatic N) is 3. The summed E-state index contributed by atoms with van der Waals surface area (Å²) in [6, 6.07) is -0.114. The number of ether oxygens (including phenoxy) is 1. The summed E-state index contributed by atoms with van der Waals surface area (Å²) in [5.41, 5.74) is 0.768. The van der Waals surface area contributed by atoms with E-state index in [0.717, 1.165) is 12.1 Å². The number of carbonyl (C=O) groups is 1. The van der Waals surface area contributed by atoms with Gasteiger partial charge in [0.1, 0.15) is 0 Å². The van der Waals surface area contributed by atoms with Crippen molar-refractivity contribution in [2.24, 2.45) is 0 Å². The van der Waals surface area contributed by atoms with Gasteiger partial charge < -0.3 is 15.0 Å². The topological polar surface area (TPSA) is 67.3 Å². The van der Waals surface area contributed by atoms with Gasteiger partial charge in [-0.15, -0.1) is 0 Å². The van der Waals surface area contributed by atoms with Crippen LogP contribution in [0, 0.1) is 0 Å². The van der Waals surface area contributed by atoms with Crippen molar-refractivity contribution < 1.29 is 9.53 Å². The molecular formula is C12H20N4O2. The molecule has 0 bridgehead atoms. The number of hydrogen-bond acceptors (Lipinski definition) is 4. The molecular weight excluding hydrogens is 232 g/mol. The molecule has 0 spiro atoms. The molecule has 18 heavy (non-hydrogen) atoms. The minimum absolute atomic E-state index is 0.114. The first-order chi connectivity index (χ1) is 8.74. The highest BCUT2D eigenvalue weighted by Gasteiger charge is 2.08. The Labute approximate surface area is 107 Å². The fourth-order valence-electron chi connectivity index (χ4n) is 1.38. The lowest BCUT2D eigenvalue weighted by molar-refractivity contribution is 0.144. The maximum Gasteiger partial charge on any atom is 0.317 e. The van der Waals surface area contributed by atoms with Gasteiger partial charge in [0, 0.05) is 39.2 Å². The van der Waals surface area contributed by atoms with Crippen LogP contribution in [-0.4, -0.2) is 47.7 Å². The van der Waals surface area contributed by atoms with Crippen molar-refractivity contribution in [1.82, 2.24) is 20.2 Å². The molecule has 6 nitrogen and oxygen atoms in total. The molecule has 0 saturated carbocycles. The molecule has 0 aliphatic carbocycles. The Kier molecular flexibility index (Phi) is 6.71. The molecule has 0 atom stereocenters. The molecule has 6 heteroatoms. The third-order valence-electron chi connectivity index (χ3n) is 2.31. The first-order valence-electron chi connectivity index (χ1n) is 6.05. The van der Waals surface area contributed by atoms with Crippen molar-refractivity contribution in [3.05, 3.63) is 24.3 Å². The molecule has 2 amide bonds. The minimum atomic E-state index is -0.114. The third-order valence-corrected chi connectivity index (χ3v) is 2.31. The second-order valence-corrected chi connectivity index (χ2v) is 3.84. The molecule has 0 saturated heterocycles. The average molecular weight is 252 g/mol. The quantitative estimate of drug-likeness (QED) is 0.736. The summed E-state index contributed by atoms with van der Waals surface area (Å²) in [6.45, 7) is 4.40. The first-order valence-corrected chi connectivity index (χ1v) is 6.05. The van der Waals surface area contributed by atoms with Crippen LogP contribution in [0.1, 0.15) is 19.0 Å². The van der Waals surface area contributed by atoms with E-state index in [-0.39, 0.29) is 6.03 Å². The van der Waals surface area contributed by atoms with Crippen LogP contribution < -0.4 is 5.32 Å². The molecule has 0 aliphatic heterocycles. The molecule has 1 rings (SSSR count). The maximum atomic E-state index is 11.7. The average Bonchev–Trinajstić information content (AvgIpc) is 2.39. The van der Waals surface area contributed by atoms with E-state index in [1.807, 2.05) is 6.92 Å². The van der Waals surface area contributed by atoms with Crippen LogP contribution in [0.2, 0.25) is 0 Å². The van der Waals surface area contributed by atoms with Crippen LogP contribution in [0.4, 0.5) is 4.79 Å². The van der Waals surface area contributed by atoms with Crippen molar-refractivity contribution in [3.8, 4) is 0 Å². The SMILES string of the molecule is CCOCCCNC(=O)N(C)Cc1cnccn1. The van der Waals surface area contributed by atoms with Gasteiger partial charge in [-0.25, -0.2) is 4.79 Å². The number of rotatable bonds is 7. The zero-order valence-electron chi connectivity index (χ0n) is 10.9. The lowest BCUT2D eigenvalue weighted by atomic mass is 10.4. The summed E-state index contributed by atoms with van der Waals surface area (Å²) < 4.78 is 5.19. The number of aromatic nitrogens is 2. The van der Waals surface area contributed by atoms with Crippen molar-refractivity contribution in [2.45, 2.75) is 19.9 Å². The zero-order chi connectivity index (χ0) is 13.2. The van der Waals surface area contributed by atoms with E-state index in [4.69, 9.17) is 4.74 Å². The van der Waals surface area contributed by atoms with Crippen LogP contribution in [-0.2, 0) is 11.3 Å². The van der Waals surface area contributed by atoms with Gasteiger partial charge in [-0.05, 0) is 13.3 Å². The summed E-state index contributed by atoms with van der Waals surface area (Å²) in [5.74, 6) is 0. The summed E-state index contributed by atoms with van der Waals surface area (Å²) in [5, 5.41) is 2.82. The molecule has 1 aromatic rings. The number of nitrogens with one attached hydrogen (secondary N) is 1. The van der Waals surface area contributed by atoms with Gasteiger partial charge in [0.25, 0.3) is 0 Å². The second-order valence-electron chi connectivity index (χ2n) is 3.84. The number of carbonyl (C=O) groups excluding carboxylic acids is 1. The summed E-state index contributed by atoms with van der Waals surface area (Å²) >= 11 is 0. The Morgan fingerprint density at radius 3 is 3.00 bits per heavy atom. The molecule has 1 N–H and O–H groups in total. The van der Waals surface area contributed by atoms with Gasteiger partial charge in [0.15, 0.2) is 0 Å². The molecule has 0 unspecified atom stereocenters. The third kappa shape index (κ3) is 5.58. The lowest BCUT2D eigenvalue weighted by Crippen LogP contribution is -2.37. The fraction of sp³-hybridized carbons (Fsp3) is 0.583. The van der Waals surface area contributed by atoms with E-state index in [1.54, 1.807) is 30.5 Å². The molecule has 0 radical (unpaired) electrons. The van der Waals surface area contributed by atoms with Crippen molar-refractivity contribution in [3.63, 3.8) is 0 Å². The molecule has 100 valence electrons. The van der Waals surface area contributed by atoms with Crippen LogP contribution in [0.5, 0.6) is 0 Å². The van der Waals surface area contributed by atoms with E-state index < -0.39 is 0 Å². The Morgan fingerprint density at radius 2 is 2.33 bits per heavy atom. The molecule has 1 heterocycles. The van der Waals surface area contributed by atoms with Crippen LogP contribution in [0.25, 0.3) is 0 Å². The monoisotopic (exact) mass is 252 g/mol. The number of hydrogen-bond donors (Lipinski definition) is 1. The summed E-state index contributed by atoms with van der Waals surface area (Å²) in [4.78, 5) is 21.4. The first kappa shape index (κ1) is 14.4. The smallest absolute Gasteiger partial charge is 0.317 e. The van der Waals surface area contributed by atoms with Gasteiger partial charge in [-0.2, -0.15) is 0 Å². The molecule has 0 aliphatic rings. The lowest BCUT2D eigenvalue weighted by Gasteiger charge is -2.17. The predicted molar refractivity (Wildman–Crippen MR) is 68.0 cm³/mol. The molecule has 0 fully saturated rings. The minimum Gasteiger partial charge on any atom is -0.382 e. The van der Waals surface area contributed by atoms with Gasteiger partial charge in [0.05, 0.1) is 18.4 Å². The standard InChI is InChI=1S/C12H20N4O2/c1-3-18-8-4-5-15-12(17)16(2)10-11-9-13-6-7-14-11/h6-7,9H,3-5,8,10H2,1-2H3,(H,15,17). The normalized spacial score (nSPS) is 10.1. The predicted octanol–water partition coefficient (Wildman–Crippen LogP) is 1.04. The van der Waals surface area contributed by atoms with Gasteiger partial charge in [-0.3, -0.25) is 9.97 Å². The van der Waals surface area contributed by atoms with E-state index in [0.29, 0.717) is 26.3 Å². The Hall–Kier alpha value is -1.69. The second kappa shape index (κ2) is 8.41. The van der Waals surface area contributed by atoms with Crippen molar-refractivity contribution in [2.75, 3.05) is 26.8 Å². The van der Waals surface area contributed by atoms with E-state index in [9.17, 15) is 4.79 Å². The highest BCUT2D eigenvalue weighted by atomic mass is 16.5. The van der Waals surface area contributed by atoms with Crippen LogP contribution in [0.3, 0.4) is 0 Å². The van der Waals surface area contributed by atoms with Crippen molar-refractivity contribution in [1.29, 1.82) is 0 Å². The van der Waals surface area contributed by atoms with E-state index in [1.165, 1.54) is 0 Å². The number of urea groups is 1. The Morgan fingerprint density at radius 1 is 1.50 bits per heavy atom. The fourth-order valence-corrected chi connectivity index (χ4v) is 1.38. The van der Waals surface area contributed by atoms with Gasteiger partial charge in [0.2, 0.25) is 0 Å². The van der Waals surface area contributed by atoms with Gasteiger partial charge in [-0.1, -0.05) is 0 Å². The Balaban J connectivity index is 2.21. The summed E-state index contributed by atoms with van der Waals surface area (Å²) in [6.07, 6.45) is 5.69. The highest BCUT2D eigenvalue weighted by Crippen LogP contribution is 1.97. The largest absolute Gasteiger partial charge is 0.382 e. The molecule has 1 aromatic heterocycles. The van der Waals surface area contributed by atoms with Crippen LogP contribution in [0.15, 0.2) is 18.6 Å². The zero-order valence-corrected chi connectivity index (χ0v) is 10.9. The maximum absolute atomic E-state index is 11.7. The van der Waals surface area contributed by atoms with E-state index >= 15 is 0 Å². The van der Waals surface area contributed by atoms with Crippen LogP contribution >= 0.6 is 0 Å². The Bertz CT molecular complexity index is 345. The number of amides is 2. The van der Waals surface area contributed by atoms with Crippen molar-refractivity contribution >= 4 is 6.03 Å². The van der Waals surface area contributed by atoms with E-state index in [2.05, 4.69) is 15.3 Å². The summed E-state index contributed by atoms with van der Waals surface area (Å²) in [7, 11) is 1.73. The highest BCUT2D eigenvalue weighted by molar-refractivity contribution is 5.73. The molecule has 0 aromatic carbocycles. The van der Waals surface area contributed by atoms with Gasteiger partial charge >= 0.3 is 6.03 Å².